The van der Waals surface area contributed by atoms with Gasteiger partial charge in [0, 0.05) is 47.8 Å². The van der Waals surface area contributed by atoms with Crippen LogP contribution < -0.4 is 0 Å². The Hall–Kier alpha value is -6.62. The maximum atomic E-state index is 6.77. The highest BCUT2D eigenvalue weighted by molar-refractivity contribution is 7.26. The third kappa shape index (κ3) is 3.79. The Bertz CT molecular complexity index is 3320. The van der Waals surface area contributed by atoms with Gasteiger partial charge in [0.25, 0.3) is 0 Å². The van der Waals surface area contributed by atoms with Crippen LogP contribution in [0.4, 0.5) is 0 Å². The van der Waals surface area contributed by atoms with Gasteiger partial charge in [-0.3, -0.25) is 0 Å². The minimum Gasteiger partial charge on any atom is -0.454 e. The molecule has 0 aliphatic heterocycles. The molecule has 0 bridgehead atoms. The van der Waals surface area contributed by atoms with Crippen LogP contribution in [0.1, 0.15) is 0 Å². The Labute approximate surface area is 301 Å². The van der Waals surface area contributed by atoms with Crippen molar-refractivity contribution in [2.24, 2.45) is 0 Å². The van der Waals surface area contributed by atoms with Crippen LogP contribution in [0.25, 0.3) is 108 Å². The molecule has 0 fully saturated rings. The second-order valence-electron chi connectivity index (χ2n) is 13.7. The molecule has 0 N–H and O–H groups in total. The van der Waals surface area contributed by atoms with Crippen LogP contribution in [0.2, 0.25) is 0 Å². The summed E-state index contributed by atoms with van der Waals surface area (Å²) in [5, 5.41) is 9.81. The van der Waals surface area contributed by atoms with Crippen LogP contribution >= 0.6 is 11.3 Å². The SMILES string of the molecule is c1ccc2c(c1)sc1c(-n3c4ccccc4c4ccccc43)cc(-c3ccc4oc5c(-n6c7ccccc7c7ccccc76)cccc5c4c3)cc12. The van der Waals surface area contributed by atoms with Gasteiger partial charge in [0.15, 0.2) is 5.58 Å². The number of hydrogen-bond donors (Lipinski definition) is 0. The number of aromatic nitrogens is 2. The smallest absolute Gasteiger partial charge is 0.159 e. The normalized spacial score (nSPS) is 12.2. The summed E-state index contributed by atoms with van der Waals surface area (Å²) in [4.78, 5) is 0. The van der Waals surface area contributed by atoms with Gasteiger partial charge in [0.1, 0.15) is 5.58 Å². The number of furan rings is 1. The molecular weight excluding hydrogens is 653 g/mol. The van der Waals surface area contributed by atoms with E-state index in [1.165, 1.54) is 75.0 Å². The first-order valence-electron chi connectivity index (χ1n) is 17.7. The monoisotopic (exact) mass is 680 g/mol. The molecule has 0 aliphatic carbocycles. The fourth-order valence-corrected chi connectivity index (χ4v) is 9.83. The number of nitrogens with zero attached hydrogens (tertiary/aromatic N) is 2. The van der Waals surface area contributed by atoms with Gasteiger partial charge < -0.3 is 13.6 Å². The molecule has 0 unspecified atom stereocenters. The van der Waals surface area contributed by atoms with Gasteiger partial charge in [0.2, 0.25) is 0 Å². The molecule has 0 saturated heterocycles. The Balaban J connectivity index is 1.12. The summed E-state index contributed by atoms with van der Waals surface area (Å²) in [7, 11) is 0. The molecule has 0 saturated carbocycles. The van der Waals surface area contributed by atoms with Crippen molar-refractivity contribution in [1.82, 2.24) is 9.13 Å². The van der Waals surface area contributed by atoms with Crippen molar-refractivity contribution >= 4 is 97.1 Å². The lowest BCUT2D eigenvalue weighted by atomic mass is 9.99. The summed E-state index contributed by atoms with van der Waals surface area (Å²) < 4.78 is 14.2. The van der Waals surface area contributed by atoms with E-state index in [1.54, 1.807) is 0 Å². The van der Waals surface area contributed by atoms with Gasteiger partial charge in [-0.1, -0.05) is 109 Å². The van der Waals surface area contributed by atoms with Crippen molar-refractivity contribution in [3.05, 3.63) is 170 Å². The molecule has 3 nitrogen and oxygen atoms in total. The summed E-state index contributed by atoms with van der Waals surface area (Å²) in [6, 6.07) is 61.6. The fourth-order valence-electron chi connectivity index (χ4n) is 8.65. The zero-order valence-electron chi connectivity index (χ0n) is 27.9. The van der Waals surface area contributed by atoms with E-state index < -0.39 is 0 Å². The van der Waals surface area contributed by atoms with E-state index in [2.05, 4.69) is 179 Å². The Morgan fingerprint density at radius 1 is 0.365 bits per heavy atom. The number of fused-ring (bicyclic) bond motifs is 12. The fraction of sp³-hybridized carbons (Fsp3) is 0. The molecule has 52 heavy (non-hydrogen) atoms. The first-order chi connectivity index (χ1) is 25.8. The highest BCUT2D eigenvalue weighted by atomic mass is 32.1. The van der Waals surface area contributed by atoms with Gasteiger partial charge in [-0.2, -0.15) is 0 Å². The summed E-state index contributed by atoms with van der Waals surface area (Å²) in [6.45, 7) is 0. The van der Waals surface area contributed by atoms with Gasteiger partial charge in [-0.25, -0.2) is 0 Å². The summed E-state index contributed by atoms with van der Waals surface area (Å²) in [6.07, 6.45) is 0. The standard InChI is InChI=1S/C48H28N2OS/c1-6-18-39-31(12-1)32-13-2-7-19-40(32)49(39)43-22-11-17-36-37-26-29(24-25-45(37)51-47(36)43)30-27-38-35-16-5-10-23-46(35)52-48(38)44(28-30)50-41-20-8-3-14-33(41)34-15-4-9-21-42(34)50/h1-28H. The van der Waals surface area contributed by atoms with Crippen LogP contribution in [0.5, 0.6) is 0 Å². The highest BCUT2D eigenvalue weighted by Gasteiger charge is 2.20. The topological polar surface area (TPSA) is 23.0 Å². The van der Waals surface area contributed by atoms with Crippen molar-refractivity contribution in [2.75, 3.05) is 0 Å². The molecule has 8 aromatic carbocycles. The molecule has 12 aromatic rings. The molecule has 0 atom stereocenters. The minimum atomic E-state index is 0.886. The Morgan fingerprint density at radius 2 is 0.885 bits per heavy atom. The van der Waals surface area contributed by atoms with Crippen LogP contribution in [-0.2, 0) is 0 Å². The summed E-state index contributed by atoms with van der Waals surface area (Å²) in [5.74, 6) is 0. The Morgan fingerprint density at radius 3 is 1.52 bits per heavy atom. The predicted octanol–water partition coefficient (Wildman–Crippen LogP) is 13.8. The molecule has 4 aromatic heterocycles. The van der Waals surface area contributed by atoms with Gasteiger partial charge in [-0.15, -0.1) is 11.3 Å². The molecule has 0 amide bonds. The van der Waals surface area contributed by atoms with Gasteiger partial charge >= 0.3 is 0 Å². The maximum Gasteiger partial charge on any atom is 0.159 e. The first kappa shape index (κ1) is 28.1. The number of benzene rings is 8. The number of rotatable bonds is 3. The zero-order valence-corrected chi connectivity index (χ0v) is 28.7. The van der Waals surface area contributed by atoms with Crippen LogP contribution in [0.3, 0.4) is 0 Å². The van der Waals surface area contributed by atoms with Crippen LogP contribution in [-0.4, -0.2) is 9.13 Å². The molecular formula is C48H28N2OS. The van der Waals surface area contributed by atoms with Gasteiger partial charge in [-0.05, 0) is 71.8 Å². The van der Waals surface area contributed by atoms with E-state index >= 15 is 0 Å². The average molecular weight is 681 g/mol. The largest absolute Gasteiger partial charge is 0.454 e. The minimum absolute atomic E-state index is 0.886. The second-order valence-corrected chi connectivity index (χ2v) is 14.7. The molecule has 242 valence electrons. The molecule has 4 heteroatoms. The number of thiophene rings is 1. The summed E-state index contributed by atoms with van der Waals surface area (Å²) in [5.41, 5.74) is 11.2. The van der Waals surface area contributed by atoms with Crippen molar-refractivity contribution in [3.8, 4) is 22.5 Å². The van der Waals surface area contributed by atoms with Crippen molar-refractivity contribution in [2.45, 2.75) is 0 Å². The van der Waals surface area contributed by atoms with E-state index in [0.717, 1.165) is 33.2 Å². The van der Waals surface area contributed by atoms with E-state index in [-0.39, 0.29) is 0 Å². The molecule has 12 rings (SSSR count). The average Bonchev–Trinajstić information content (AvgIpc) is 3.95. The lowest BCUT2D eigenvalue weighted by Crippen LogP contribution is -1.95. The third-order valence-electron chi connectivity index (χ3n) is 10.9. The van der Waals surface area contributed by atoms with E-state index in [9.17, 15) is 0 Å². The zero-order chi connectivity index (χ0) is 33.9. The van der Waals surface area contributed by atoms with Crippen LogP contribution in [0.15, 0.2) is 174 Å². The summed E-state index contributed by atoms with van der Waals surface area (Å²) >= 11 is 1.88. The maximum absolute atomic E-state index is 6.77. The molecule has 4 heterocycles. The van der Waals surface area contributed by atoms with Crippen LogP contribution in [0, 0.1) is 0 Å². The molecule has 0 radical (unpaired) electrons. The second kappa shape index (κ2) is 10.5. The predicted molar refractivity (Wildman–Crippen MR) is 221 cm³/mol. The quantitative estimate of drug-likeness (QED) is 0.182. The van der Waals surface area contributed by atoms with Gasteiger partial charge in [0.05, 0.1) is 38.1 Å². The van der Waals surface area contributed by atoms with Crippen molar-refractivity contribution < 1.29 is 4.42 Å². The number of para-hydroxylation sites is 5. The third-order valence-corrected chi connectivity index (χ3v) is 12.1. The lowest BCUT2D eigenvalue weighted by molar-refractivity contribution is 0.666. The van der Waals surface area contributed by atoms with Crippen molar-refractivity contribution in [1.29, 1.82) is 0 Å². The first-order valence-corrected chi connectivity index (χ1v) is 18.5. The highest BCUT2D eigenvalue weighted by Crippen LogP contribution is 2.44. The van der Waals surface area contributed by atoms with E-state index in [4.69, 9.17) is 4.42 Å². The number of hydrogen-bond acceptors (Lipinski definition) is 2. The molecule has 0 spiro atoms. The van der Waals surface area contributed by atoms with E-state index in [0.29, 0.717) is 0 Å². The lowest BCUT2D eigenvalue weighted by Gasteiger charge is -2.13. The van der Waals surface area contributed by atoms with Crippen molar-refractivity contribution in [3.63, 3.8) is 0 Å². The Kier molecular flexibility index (Phi) is 5.65. The van der Waals surface area contributed by atoms with E-state index in [1.807, 2.05) is 11.3 Å². The molecule has 0 aliphatic rings.